The number of aromatic nitrogens is 3. The minimum absolute atomic E-state index is 0.247. The van der Waals surface area contributed by atoms with Crippen molar-refractivity contribution in [2.75, 3.05) is 25.1 Å². The van der Waals surface area contributed by atoms with Crippen LogP contribution in [0.15, 0.2) is 36.8 Å². The highest BCUT2D eigenvalue weighted by molar-refractivity contribution is 5.72. The zero-order chi connectivity index (χ0) is 17.4. The van der Waals surface area contributed by atoms with Gasteiger partial charge in [0.15, 0.2) is 5.65 Å². The van der Waals surface area contributed by atoms with E-state index in [1.54, 1.807) is 24.7 Å². The van der Waals surface area contributed by atoms with Gasteiger partial charge in [0.1, 0.15) is 17.4 Å². The lowest BCUT2D eigenvalue weighted by Crippen LogP contribution is -2.36. The quantitative estimate of drug-likeness (QED) is 0.792. The fourth-order valence-electron chi connectivity index (χ4n) is 3.31. The lowest BCUT2D eigenvalue weighted by molar-refractivity contribution is 0.145. The molecule has 0 saturated carbocycles. The van der Waals surface area contributed by atoms with Crippen LogP contribution in [0.4, 0.5) is 10.2 Å². The molecule has 25 heavy (non-hydrogen) atoms. The Balaban J connectivity index is 1.86. The Morgan fingerprint density at radius 3 is 2.76 bits per heavy atom. The largest absolute Gasteiger partial charge is 0.496 e. The summed E-state index contributed by atoms with van der Waals surface area (Å²) in [7, 11) is 1.52. The fourth-order valence-corrected chi connectivity index (χ4v) is 3.31. The number of fused-ring (bicyclic) bond motifs is 1. The first-order chi connectivity index (χ1) is 12.2. The number of aliphatic hydroxyl groups is 1. The fraction of sp³-hybridized carbons (Fsp3) is 0.333. The molecule has 0 atom stereocenters. The number of hydrogen-bond acceptors (Lipinski definition) is 5. The van der Waals surface area contributed by atoms with Crippen LogP contribution in [-0.4, -0.2) is 45.8 Å². The second-order valence-corrected chi connectivity index (χ2v) is 6.17. The minimum atomic E-state index is -0.346. The van der Waals surface area contributed by atoms with Crippen LogP contribution in [0.2, 0.25) is 0 Å². The first-order valence-corrected chi connectivity index (χ1v) is 8.26. The summed E-state index contributed by atoms with van der Waals surface area (Å²) in [5.41, 5.74) is 2.29. The molecule has 0 spiro atoms. The first kappa shape index (κ1) is 15.8. The standard InChI is InChI=1S/C18H19FN4O2/c1-25-16-8-12(19)2-3-14(16)15-9-21-17-10-20-11-18(23(15)17)22-6-4-13(24)5-7-22/h2-3,8-11,13,24H,4-7H2,1H3. The summed E-state index contributed by atoms with van der Waals surface area (Å²) in [5, 5.41) is 9.76. The Labute approximate surface area is 144 Å². The average Bonchev–Trinajstić information content (AvgIpc) is 3.06. The molecule has 1 N–H and O–H groups in total. The summed E-state index contributed by atoms with van der Waals surface area (Å²) in [6.45, 7) is 1.50. The number of methoxy groups -OCH3 is 1. The van der Waals surface area contributed by atoms with E-state index in [-0.39, 0.29) is 11.9 Å². The number of imidazole rings is 1. The van der Waals surface area contributed by atoms with Crippen molar-refractivity contribution < 1.29 is 14.2 Å². The maximum atomic E-state index is 13.6. The van der Waals surface area contributed by atoms with E-state index in [9.17, 15) is 9.50 Å². The molecule has 1 saturated heterocycles. The second kappa shape index (κ2) is 6.33. The van der Waals surface area contributed by atoms with Crippen molar-refractivity contribution in [1.82, 2.24) is 14.4 Å². The molecule has 1 aromatic carbocycles. The number of anilines is 1. The van der Waals surface area contributed by atoms with Crippen LogP contribution in [0.25, 0.3) is 16.9 Å². The van der Waals surface area contributed by atoms with E-state index in [0.29, 0.717) is 11.4 Å². The molecule has 2 aromatic heterocycles. The van der Waals surface area contributed by atoms with E-state index in [1.807, 2.05) is 4.40 Å². The molecule has 3 aromatic rings. The third-order valence-electron chi connectivity index (χ3n) is 4.63. The van der Waals surface area contributed by atoms with Crippen LogP contribution in [0.5, 0.6) is 5.75 Å². The number of piperidine rings is 1. The summed E-state index contributed by atoms with van der Waals surface area (Å²) in [6.07, 6.45) is 6.44. The topological polar surface area (TPSA) is 62.9 Å². The third kappa shape index (κ3) is 2.80. The predicted octanol–water partition coefficient (Wildman–Crippen LogP) is 2.51. The summed E-state index contributed by atoms with van der Waals surface area (Å²) < 4.78 is 20.9. The van der Waals surface area contributed by atoms with Crippen molar-refractivity contribution in [1.29, 1.82) is 0 Å². The number of rotatable bonds is 3. The molecule has 0 bridgehead atoms. The molecular weight excluding hydrogens is 323 g/mol. The van der Waals surface area contributed by atoms with E-state index in [4.69, 9.17) is 4.74 Å². The first-order valence-electron chi connectivity index (χ1n) is 8.26. The summed E-state index contributed by atoms with van der Waals surface area (Å²) in [6, 6.07) is 4.48. The van der Waals surface area contributed by atoms with E-state index in [1.165, 1.54) is 19.2 Å². The lowest BCUT2D eigenvalue weighted by Gasteiger charge is -2.31. The molecule has 6 nitrogen and oxygen atoms in total. The third-order valence-corrected chi connectivity index (χ3v) is 4.63. The zero-order valence-electron chi connectivity index (χ0n) is 13.9. The number of aliphatic hydroxyl groups excluding tert-OH is 1. The molecule has 1 aliphatic heterocycles. The Bertz CT molecular complexity index is 903. The molecule has 0 aliphatic carbocycles. The van der Waals surface area contributed by atoms with Crippen LogP contribution in [0, 0.1) is 5.82 Å². The van der Waals surface area contributed by atoms with E-state index in [2.05, 4.69) is 14.9 Å². The molecule has 3 heterocycles. The van der Waals surface area contributed by atoms with E-state index in [0.717, 1.165) is 43.0 Å². The molecule has 7 heteroatoms. The molecular formula is C18H19FN4O2. The van der Waals surface area contributed by atoms with E-state index < -0.39 is 0 Å². The number of hydrogen-bond donors (Lipinski definition) is 1. The maximum Gasteiger partial charge on any atom is 0.157 e. The van der Waals surface area contributed by atoms with Crippen LogP contribution in [0.1, 0.15) is 12.8 Å². The van der Waals surface area contributed by atoms with Gasteiger partial charge in [0, 0.05) is 24.7 Å². The predicted molar refractivity (Wildman–Crippen MR) is 92.4 cm³/mol. The van der Waals surface area contributed by atoms with Gasteiger partial charge in [0.2, 0.25) is 0 Å². The summed E-state index contributed by atoms with van der Waals surface area (Å²) in [4.78, 5) is 10.9. The molecule has 130 valence electrons. The van der Waals surface area contributed by atoms with Crippen molar-refractivity contribution in [2.24, 2.45) is 0 Å². The smallest absolute Gasteiger partial charge is 0.157 e. The van der Waals surface area contributed by atoms with Crippen molar-refractivity contribution in [2.45, 2.75) is 18.9 Å². The highest BCUT2D eigenvalue weighted by Crippen LogP contribution is 2.33. The zero-order valence-corrected chi connectivity index (χ0v) is 13.9. The molecule has 0 amide bonds. The maximum absolute atomic E-state index is 13.6. The van der Waals surface area contributed by atoms with Gasteiger partial charge in [-0.15, -0.1) is 0 Å². The van der Waals surface area contributed by atoms with E-state index >= 15 is 0 Å². The van der Waals surface area contributed by atoms with Crippen molar-refractivity contribution in [3.63, 3.8) is 0 Å². The monoisotopic (exact) mass is 342 g/mol. The number of halogens is 1. The van der Waals surface area contributed by atoms with Crippen LogP contribution >= 0.6 is 0 Å². The lowest BCUT2D eigenvalue weighted by atomic mass is 10.1. The van der Waals surface area contributed by atoms with Gasteiger partial charge in [-0.3, -0.25) is 9.38 Å². The van der Waals surface area contributed by atoms with Gasteiger partial charge in [-0.05, 0) is 25.0 Å². The Kier molecular flexibility index (Phi) is 4.01. The van der Waals surface area contributed by atoms with Crippen molar-refractivity contribution >= 4 is 11.5 Å². The van der Waals surface area contributed by atoms with Crippen molar-refractivity contribution in [3.05, 3.63) is 42.6 Å². The molecule has 1 fully saturated rings. The van der Waals surface area contributed by atoms with Gasteiger partial charge in [0.25, 0.3) is 0 Å². The van der Waals surface area contributed by atoms with Crippen molar-refractivity contribution in [3.8, 4) is 17.0 Å². The van der Waals surface area contributed by atoms with Crippen LogP contribution < -0.4 is 9.64 Å². The average molecular weight is 342 g/mol. The highest BCUT2D eigenvalue weighted by atomic mass is 19.1. The highest BCUT2D eigenvalue weighted by Gasteiger charge is 2.22. The Morgan fingerprint density at radius 1 is 1.20 bits per heavy atom. The van der Waals surface area contributed by atoms with Crippen LogP contribution in [-0.2, 0) is 0 Å². The summed E-state index contributed by atoms with van der Waals surface area (Å²) >= 11 is 0. The van der Waals surface area contributed by atoms with Gasteiger partial charge in [-0.1, -0.05) is 0 Å². The number of benzene rings is 1. The van der Waals surface area contributed by atoms with Gasteiger partial charge in [-0.25, -0.2) is 9.37 Å². The molecule has 0 unspecified atom stereocenters. The Hall–Kier alpha value is -2.67. The van der Waals surface area contributed by atoms with Gasteiger partial charge < -0.3 is 14.7 Å². The molecule has 0 radical (unpaired) electrons. The number of nitrogens with zero attached hydrogens (tertiary/aromatic N) is 4. The molecule has 1 aliphatic rings. The normalized spacial score (nSPS) is 15.7. The summed E-state index contributed by atoms with van der Waals surface area (Å²) in [5.74, 6) is 1.02. The van der Waals surface area contributed by atoms with Gasteiger partial charge >= 0.3 is 0 Å². The minimum Gasteiger partial charge on any atom is -0.496 e. The van der Waals surface area contributed by atoms with Gasteiger partial charge in [-0.2, -0.15) is 0 Å². The molecule has 4 rings (SSSR count). The SMILES string of the molecule is COc1cc(F)ccc1-c1cnc2cncc(N3CCC(O)CC3)n12. The Morgan fingerprint density at radius 2 is 2.00 bits per heavy atom. The van der Waals surface area contributed by atoms with Gasteiger partial charge in [0.05, 0.1) is 37.5 Å². The second-order valence-electron chi connectivity index (χ2n) is 6.17. The van der Waals surface area contributed by atoms with Crippen LogP contribution in [0.3, 0.4) is 0 Å². The number of ether oxygens (including phenoxy) is 1.